The Morgan fingerprint density at radius 2 is 1.80 bits per heavy atom. The number of sulfonamides is 1. The standard InChI is InChI=1S/C23H30N4O2S/c1-4-27-22-11-9-19(30(28,29)26-12-6-5-7-13-26)15-21(22)25-23(27)16-24-20-10-8-17(2)14-18(20)3/h8-11,14-15,24H,4-7,12-13,16H2,1-3H3. The summed E-state index contributed by atoms with van der Waals surface area (Å²) < 4.78 is 29.8. The first-order valence-electron chi connectivity index (χ1n) is 10.7. The van der Waals surface area contributed by atoms with Crippen LogP contribution in [0.15, 0.2) is 41.3 Å². The minimum Gasteiger partial charge on any atom is -0.378 e. The van der Waals surface area contributed by atoms with Gasteiger partial charge in [-0.2, -0.15) is 4.31 Å². The van der Waals surface area contributed by atoms with E-state index in [9.17, 15) is 8.42 Å². The van der Waals surface area contributed by atoms with Crippen LogP contribution in [0.1, 0.15) is 43.1 Å². The van der Waals surface area contributed by atoms with E-state index in [0.717, 1.165) is 48.4 Å². The molecule has 0 amide bonds. The Morgan fingerprint density at radius 1 is 1.03 bits per heavy atom. The van der Waals surface area contributed by atoms with Crippen molar-refractivity contribution in [3.63, 3.8) is 0 Å². The number of aromatic nitrogens is 2. The predicted molar refractivity (Wildman–Crippen MR) is 121 cm³/mol. The Hall–Kier alpha value is -2.38. The van der Waals surface area contributed by atoms with Crippen LogP contribution in [0.5, 0.6) is 0 Å². The van der Waals surface area contributed by atoms with Gasteiger partial charge in [-0.25, -0.2) is 13.4 Å². The Morgan fingerprint density at radius 3 is 2.50 bits per heavy atom. The third kappa shape index (κ3) is 3.96. The van der Waals surface area contributed by atoms with Gasteiger partial charge in [0.1, 0.15) is 5.82 Å². The zero-order valence-electron chi connectivity index (χ0n) is 18.0. The molecule has 1 aromatic heterocycles. The molecule has 160 valence electrons. The second kappa shape index (κ2) is 8.40. The van der Waals surface area contributed by atoms with Crippen molar-refractivity contribution in [2.75, 3.05) is 18.4 Å². The van der Waals surface area contributed by atoms with E-state index in [0.29, 0.717) is 24.5 Å². The number of nitrogens with one attached hydrogen (secondary N) is 1. The lowest BCUT2D eigenvalue weighted by molar-refractivity contribution is 0.346. The van der Waals surface area contributed by atoms with E-state index in [-0.39, 0.29) is 0 Å². The molecule has 0 unspecified atom stereocenters. The summed E-state index contributed by atoms with van der Waals surface area (Å²) in [4.78, 5) is 5.12. The lowest BCUT2D eigenvalue weighted by Crippen LogP contribution is -2.35. The number of piperidine rings is 1. The van der Waals surface area contributed by atoms with Gasteiger partial charge in [0.05, 0.1) is 22.5 Å². The molecule has 2 heterocycles. The number of anilines is 1. The number of aryl methyl sites for hydroxylation is 3. The van der Waals surface area contributed by atoms with E-state index in [1.807, 2.05) is 6.07 Å². The summed E-state index contributed by atoms with van der Waals surface area (Å²) in [5, 5.41) is 3.48. The molecular formula is C23H30N4O2S. The highest BCUT2D eigenvalue weighted by atomic mass is 32.2. The molecule has 1 saturated heterocycles. The summed E-state index contributed by atoms with van der Waals surface area (Å²) in [6.07, 6.45) is 2.96. The van der Waals surface area contributed by atoms with Crippen molar-refractivity contribution in [3.8, 4) is 0 Å². The maximum Gasteiger partial charge on any atom is 0.243 e. The van der Waals surface area contributed by atoms with Crippen molar-refractivity contribution in [2.45, 2.75) is 58.0 Å². The third-order valence-electron chi connectivity index (χ3n) is 5.89. The summed E-state index contributed by atoms with van der Waals surface area (Å²) in [5.74, 6) is 0.903. The number of nitrogens with zero attached hydrogens (tertiary/aromatic N) is 3. The zero-order valence-corrected chi connectivity index (χ0v) is 18.8. The van der Waals surface area contributed by atoms with Crippen LogP contribution >= 0.6 is 0 Å². The number of fused-ring (bicyclic) bond motifs is 1. The maximum atomic E-state index is 13.0. The molecule has 0 atom stereocenters. The molecule has 30 heavy (non-hydrogen) atoms. The number of benzene rings is 2. The van der Waals surface area contributed by atoms with Crippen molar-refractivity contribution in [1.29, 1.82) is 0 Å². The monoisotopic (exact) mass is 426 g/mol. The van der Waals surface area contributed by atoms with Gasteiger partial charge in [-0.15, -0.1) is 0 Å². The van der Waals surface area contributed by atoms with Gasteiger partial charge < -0.3 is 9.88 Å². The Kier molecular flexibility index (Phi) is 5.84. The largest absolute Gasteiger partial charge is 0.378 e. The maximum absolute atomic E-state index is 13.0. The topological polar surface area (TPSA) is 67.2 Å². The lowest BCUT2D eigenvalue weighted by atomic mass is 10.1. The van der Waals surface area contributed by atoms with Crippen LogP contribution in [0.25, 0.3) is 11.0 Å². The van der Waals surface area contributed by atoms with Crippen molar-refractivity contribution >= 4 is 26.7 Å². The van der Waals surface area contributed by atoms with Crippen LogP contribution in [0, 0.1) is 13.8 Å². The SMILES string of the molecule is CCn1c(CNc2ccc(C)cc2C)nc2cc(S(=O)(=O)N3CCCCC3)ccc21. The van der Waals surface area contributed by atoms with Gasteiger partial charge in [-0.3, -0.25) is 0 Å². The van der Waals surface area contributed by atoms with E-state index in [4.69, 9.17) is 4.98 Å². The van der Waals surface area contributed by atoms with Crippen LogP contribution in [0.2, 0.25) is 0 Å². The summed E-state index contributed by atoms with van der Waals surface area (Å²) in [6, 6.07) is 11.7. The number of hydrogen-bond donors (Lipinski definition) is 1. The van der Waals surface area contributed by atoms with Gasteiger partial charge in [-0.05, 0) is 63.4 Å². The molecule has 1 aliphatic heterocycles. The van der Waals surface area contributed by atoms with E-state index in [1.165, 1.54) is 11.1 Å². The minimum absolute atomic E-state index is 0.339. The number of rotatable bonds is 6. The Bertz CT molecular complexity index is 1160. The third-order valence-corrected chi connectivity index (χ3v) is 7.78. The van der Waals surface area contributed by atoms with Crippen molar-refractivity contribution in [2.24, 2.45) is 0 Å². The molecular weight excluding hydrogens is 396 g/mol. The van der Waals surface area contributed by atoms with E-state index >= 15 is 0 Å². The molecule has 4 rings (SSSR count). The molecule has 1 N–H and O–H groups in total. The van der Waals surface area contributed by atoms with Crippen LogP contribution in [0.4, 0.5) is 5.69 Å². The lowest BCUT2D eigenvalue weighted by Gasteiger charge is -2.25. The first kappa shape index (κ1) is 20.9. The summed E-state index contributed by atoms with van der Waals surface area (Å²) in [7, 11) is -3.46. The zero-order chi connectivity index (χ0) is 21.3. The van der Waals surface area contributed by atoms with Crippen molar-refractivity contribution < 1.29 is 8.42 Å². The molecule has 0 spiro atoms. The normalized spacial score (nSPS) is 15.6. The fourth-order valence-electron chi connectivity index (χ4n) is 4.25. The Labute approximate surface area is 179 Å². The fraction of sp³-hybridized carbons (Fsp3) is 0.435. The molecule has 1 fully saturated rings. The molecule has 3 aromatic rings. The van der Waals surface area contributed by atoms with Gasteiger partial charge in [-0.1, -0.05) is 24.1 Å². The summed E-state index contributed by atoms with van der Waals surface area (Å²) >= 11 is 0. The molecule has 2 aromatic carbocycles. The van der Waals surface area contributed by atoms with Crippen molar-refractivity contribution in [3.05, 3.63) is 53.3 Å². The molecule has 1 aliphatic rings. The van der Waals surface area contributed by atoms with E-state index in [2.05, 4.69) is 48.9 Å². The van der Waals surface area contributed by atoms with Gasteiger partial charge in [0.15, 0.2) is 0 Å². The van der Waals surface area contributed by atoms with Crippen LogP contribution in [-0.4, -0.2) is 35.4 Å². The summed E-state index contributed by atoms with van der Waals surface area (Å²) in [6.45, 7) is 8.84. The second-order valence-corrected chi connectivity index (χ2v) is 10.00. The fourth-order valence-corrected chi connectivity index (χ4v) is 5.79. The van der Waals surface area contributed by atoms with Gasteiger partial charge in [0.2, 0.25) is 10.0 Å². The summed E-state index contributed by atoms with van der Waals surface area (Å²) in [5.41, 5.74) is 5.22. The molecule has 0 aliphatic carbocycles. The predicted octanol–water partition coefficient (Wildman–Crippen LogP) is 4.46. The van der Waals surface area contributed by atoms with Crippen LogP contribution in [0.3, 0.4) is 0 Å². The Balaban J connectivity index is 1.63. The molecule has 0 radical (unpaired) electrons. The average Bonchev–Trinajstić information content (AvgIpc) is 3.10. The van der Waals surface area contributed by atoms with E-state index in [1.54, 1.807) is 16.4 Å². The molecule has 0 saturated carbocycles. The average molecular weight is 427 g/mol. The molecule has 7 heteroatoms. The second-order valence-electron chi connectivity index (χ2n) is 8.06. The van der Waals surface area contributed by atoms with Gasteiger partial charge in [0, 0.05) is 25.3 Å². The first-order chi connectivity index (χ1) is 14.4. The highest BCUT2D eigenvalue weighted by Crippen LogP contribution is 2.25. The highest BCUT2D eigenvalue weighted by molar-refractivity contribution is 7.89. The molecule has 0 bridgehead atoms. The minimum atomic E-state index is -3.46. The van der Waals surface area contributed by atoms with Gasteiger partial charge in [0.25, 0.3) is 0 Å². The smallest absolute Gasteiger partial charge is 0.243 e. The van der Waals surface area contributed by atoms with Crippen LogP contribution < -0.4 is 5.32 Å². The number of hydrogen-bond acceptors (Lipinski definition) is 4. The van der Waals surface area contributed by atoms with Gasteiger partial charge >= 0.3 is 0 Å². The first-order valence-corrected chi connectivity index (χ1v) is 12.1. The quantitative estimate of drug-likeness (QED) is 0.632. The molecule has 6 nitrogen and oxygen atoms in total. The highest BCUT2D eigenvalue weighted by Gasteiger charge is 2.26. The van der Waals surface area contributed by atoms with E-state index < -0.39 is 10.0 Å². The number of imidazole rings is 1. The van der Waals surface area contributed by atoms with Crippen molar-refractivity contribution in [1.82, 2.24) is 13.9 Å². The van der Waals surface area contributed by atoms with Crippen LogP contribution in [-0.2, 0) is 23.1 Å².